The lowest BCUT2D eigenvalue weighted by atomic mass is 10.3. The summed E-state index contributed by atoms with van der Waals surface area (Å²) in [6.45, 7) is 0. The molecule has 114 valence electrons. The van der Waals surface area contributed by atoms with Gasteiger partial charge in [0.25, 0.3) is 5.91 Å². The van der Waals surface area contributed by atoms with Crippen LogP contribution < -0.4 is 5.32 Å². The summed E-state index contributed by atoms with van der Waals surface area (Å²) in [5, 5.41) is 14.3. The van der Waals surface area contributed by atoms with E-state index in [0.29, 0.717) is 17.2 Å². The van der Waals surface area contributed by atoms with E-state index < -0.39 is 0 Å². The van der Waals surface area contributed by atoms with Gasteiger partial charge in [0.2, 0.25) is 0 Å². The van der Waals surface area contributed by atoms with Crippen LogP contribution in [0.1, 0.15) is 10.4 Å². The summed E-state index contributed by atoms with van der Waals surface area (Å²) in [5.41, 5.74) is 2.09. The van der Waals surface area contributed by atoms with Crippen LogP contribution in [0.3, 0.4) is 0 Å². The number of rotatable bonds is 3. The highest BCUT2D eigenvalue weighted by Crippen LogP contribution is 2.22. The molecule has 0 saturated heterocycles. The molecule has 4 rings (SSSR count). The summed E-state index contributed by atoms with van der Waals surface area (Å²) < 4.78 is 1.57. The van der Waals surface area contributed by atoms with Gasteiger partial charge in [0, 0.05) is 30.9 Å². The molecule has 23 heavy (non-hydrogen) atoms. The van der Waals surface area contributed by atoms with Gasteiger partial charge in [-0.25, -0.2) is 9.97 Å². The van der Waals surface area contributed by atoms with E-state index in [1.807, 2.05) is 6.07 Å². The Labute approximate surface area is 129 Å². The molecule has 0 fully saturated rings. The quantitative estimate of drug-likeness (QED) is 0.528. The molecular formula is C14H12N8O. The number of hydrogen-bond donors (Lipinski definition) is 3. The summed E-state index contributed by atoms with van der Waals surface area (Å²) in [4.78, 5) is 23.7. The number of aryl methyl sites for hydroxylation is 1. The van der Waals surface area contributed by atoms with Gasteiger partial charge < -0.3 is 10.3 Å². The van der Waals surface area contributed by atoms with E-state index in [-0.39, 0.29) is 5.91 Å². The first-order chi connectivity index (χ1) is 11.2. The van der Waals surface area contributed by atoms with Gasteiger partial charge >= 0.3 is 0 Å². The van der Waals surface area contributed by atoms with Crippen molar-refractivity contribution in [1.29, 1.82) is 0 Å². The number of H-pyrrole nitrogens is 2. The highest BCUT2D eigenvalue weighted by Gasteiger charge is 2.11. The zero-order valence-corrected chi connectivity index (χ0v) is 12.1. The van der Waals surface area contributed by atoms with Crippen molar-refractivity contribution in [2.45, 2.75) is 0 Å². The van der Waals surface area contributed by atoms with Crippen molar-refractivity contribution in [1.82, 2.24) is 34.9 Å². The standard InChI is InChI=1S/C14H12N8O/c1-22-6-9(5-18-22)14(23)20-12-3-10-8(4-15-12)2-11(19-10)13-16-7-17-21-13/h2-7,19H,1H3,(H,15,20,23)(H,16,17,21). The number of pyridine rings is 1. The van der Waals surface area contributed by atoms with Gasteiger partial charge in [-0.15, -0.1) is 0 Å². The number of aromatic nitrogens is 7. The number of anilines is 1. The van der Waals surface area contributed by atoms with Gasteiger partial charge in [0.1, 0.15) is 12.1 Å². The zero-order valence-electron chi connectivity index (χ0n) is 12.1. The van der Waals surface area contributed by atoms with Gasteiger partial charge in [-0.2, -0.15) is 10.2 Å². The highest BCUT2D eigenvalue weighted by molar-refractivity contribution is 6.04. The largest absolute Gasteiger partial charge is 0.352 e. The van der Waals surface area contributed by atoms with Gasteiger partial charge in [0.05, 0.1) is 23.0 Å². The summed E-state index contributed by atoms with van der Waals surface area (Å²) >= 11 is 0. The lowest BCUT2D eigenvalue weighted by molar-refractivity contribution is 0.102. The molecular weight excluding hydrogens is 296 g/mol. The maximum Gasteiger partial charge on any atom is 0.260 e. The minimum atomic E-state index is -0.259. The SMILES string of the molecule is Cn1cc(C(=O)Nc2cc3[nH]c(-c4nc[nH]n4)cc3cn2)cn1. The molecule has 0 spiro atoms. The summed E-state index contributed by atoms with van der Waals surface area (Å²) in [7, 11) is 1.75. The number of aromatic amines is 2. The third kappa shape index (κ3) is 2.44. The molecule has 9 nitrogen and oxygen atoms in total. The molecule has 4 aromatic rings. The molecule has 0 saturated carbocycles. The molecule has 0 aliphatic heterocycles. The second-order valence-corrected chi connectivity index (χ2v) is 5.02. The van der Waals surface area contributed by atoms with Crippen LogP contribution in [0.4, 0.5) is 5.82 Å². The van der Waals surface area contributed by atoms with E-state index in [4.69, 9.17) is 0 Å². The Morgan fingerprint density at radius 2 is 2.17 bits per heavy atom. The van der Waals surface area contributed by atoms with Crippen LogP contribution >= 0.6 is 0 Å². The molecule has 0 radical (unpaired) electrons. The maximum absolute atomic E-state index is 12.1. The third-order valence-corrected chi connectivity index (χ3v) is 3.37. The molecule has 0 unspecified atom stereocenters. The number of nitrogens with zero attached hydrogens (tertiary/aromatic N) is 5. The molecule has 0 aliphatic rings. The average molecular weight is 308 g/mol. The summed E-state index contributed by atoms with van der Waals surface area (Å²) in [6.07, 6.45) is 6.34. The smallest absolute Gasteiger partial charge is 0.260 e. The Kier molecular flexibility index (Phi) is 2.90. The molecule has 4 aromatic heterocycles. The molecule has 0 aliphatic carbocycles. The predicted octanol–water partition coefficient (Wildman–Crippen LogP) is 1.33. The number of carbonyl (C=O) groups is 1. The maximum atomic E-state index is 12.1. The van der Waals surface area contributed by atoms with Crippen LogP contribution in [0, 0.1) is 0 Å². The van der Waals surface area contributed by atoms with E-state index in [0.717, 1.165) is 16.6 Å². The van der Waals surface area contributed by atoms with Gasteiger partial charge in [-0.05, 0) is 6.07 Å². The number of fused-ring (bicyclic) bond motifs is 1. The molecule has 0 bridgehead atoms. The second-order valence-electron chi connectivity index (χ2n) is 5.02. The fourth-order valence-corrected chi connectivity index (χ4v) is 2.28. The lowest BCUT2D eigenvalue weighted by Gasteiger charge is -2.02. The Balaban J connectivity index is 1.62. The number of amides is 1. The van der Waals surface area contributed by atoms with E-state index in [1.54, 1.807) is 30.2 Å². The lowest BCUT2D eigenvalue weighted by Crippen LogP contribution is -2.12. The van der Waals surface area contributed by atoms with Crippen LogP contribution in [0.25, 0.3) is 22.4 Å². The van der Waals surface area contributed by atoms with Gasteiger partial charge in [-0.3, -0.25) is 14.6 Å². The molecule has 0 atom stereocenters. The predicted molar refractivity (Wildman–Crippen MR) is 82.6 cm³/mol. The number of nitrogens with one attached hydrogen (secondary N) is 3. The minimum absolute atomic E-state index is 0.259. The van der Waals surface area contributed by atoms with Crippen molar-refractivity contribution in [3.63, 3.8) is 0 Å². The van der Waals surface area contributed by atoms with E-state index in [1.165, 1.54) is 12.5 Å². The Morgan fingerprint density at radius 3 is 2.91 bits per heavy atom. The first kappa shape index (κ1) is 13.2. The third-order valence-electron chi connectivity index (χ3n) is 3.37. The first-order valence-corrected chi connectivity index (χ1v) is 6.84. The molecule has 3 N–H and O–H groups in total. The van der Waals surface area contributed by atoms with Gasteiger partial charge in [-0.1, -0.05) is 0 Å². The Morgan fingerprint density at radius 1 is 1.26 bits per heavy atom. The highest BCUT2D eigenvalue weighted by atomic mass is 16.1. The number of carbonyl (C=O) groups excluding carboxylic acids is 1. The molecule has 0 aromatic carbocycles. The average Bonchev–Trinajstić information content (AvgIpc) is 3.26. The van der Waals surface area contributed by atoms with Crippen LogP contribution in [-0.2, 0) is 7.05 Å². The van der Waals surface area contributed by atoms with Crippen molar-refractivity contribution in [2.75, 3.05) is 5.32 Å². The van der Waals surface area contributed by atoms with Crippen molar-refractivity contribution in [3.8, 4) is 11.5 Å². The molecule has 1 amide bonds. The fraction of sp³-hybridized carbons (Fsp3) is 0.0714. The van der Waals surface area contributed by atoms with Crippen LogP contribution in [0.2, 0.25) is 0 Å². The zero-order chi connectivity index (χ0) is 15.8. The Bertz CT molecular complexity index is 981. The molecule has 4 heterocycles. The normalized spacial score (nSPS) is 11.0. The van der Waals surface area contributed by atoms with E-state index in [9.17, 15) is 4.79 Å². The fourth-order valence-electron chi connectivity index (χ4n) is 2.28. The van der Waals surface area contributed by atoms with Gasteiger partial charge in [0.15, 0.2) is 5.82 Å². The van der Waals surface area contributed by atoms with E-state index in [2.05, 4.69) is 35.6 Å². The van der Waals surface area contributed by atoms with Crippen LogP contribution in [0.15, 0.2) is 37.1 Å². The van der Waals surface area contributed by atoms with Crippen molar-refractivity contribution in [3.05, 3.63) is 42.6 Å². The summed E-state index contributed by atoms with van der Waals surface area (Å²) in [5.74, 6) is 0.766. The van der Waals surface area contributed by atoms with Crippen LogP contribution in [-0.4, -0.2) is 40.8 Å². The van der Waals surface area contributed by atoms with Crippen molar-refractivity contribution < 1.29 is 4.79 Å². The Hall–Kier alpha value is -3.49. The minimum Gasteiger partial charge on any atom is -0.352 e. The second kappa shape index (κ2) is 5.05. The monoisotopic (exact) mass is 308 g/mol. The van der Waals surface area contributed by atoms with Crippen LogP contribution in [0.5, 0.6) is 0 Å². The van der Waals surface area contributed by atoms with Crippen molar-refractivity contribution >= 4 is 22.6 Å². The molecule has 9 heteroatoms. The first-order valence-electron chi connectivity index (χ1n) is 6.84. The topological polar surface area (TPSA) is 117 Å². The van der Waals surface area contributed by atoms with Crippen molar-refractivity contribution in [2.24, 2.45) is 7.05 Å². The summed E-state index contributed by atoms with van der Waals surface area (Å²) in [6, 6.07) is 3.66. The number of hydrogen-bond acceptors (Lipinski definition) is 5. The van der Waals surface area contributed by atoms with E-state index >= 15 is 0 Å².